The molecule has 39 heavy (non-hydrogen) atoms. The van der Waals surface area contributed by atoms with E-state index in [0.717, 1.165) is 0 Å². The van der Waals surface area contributed by atoms with E-state index in [1.165, 1.54) is 50.9 Å². The second kappa shape index (κ2) is 11.4. The van der Waals surface area contributed by atoms with Gasteiger partial charge in [0.25, 0.3) is 0 Å². The van der Waals surface area contributed by atoms with Crippen LogP contribution >= 0.6 is 11.6 Å². The molecule has 1 aliphatic heterocycles. The minimum absolute atomic E-state index is 0.0603. The molecule has 0 radical (unpaired) electrons. The Morgan fingerprint density at radius 3 is 2.15 bits per heavy atom. The summed E-state index contributed by atoms with van der Waals surface area (Å²) in [6.07, 6.45) is -0.108. The number of ether oxygens (including phenoxy) is 4. The molecule has 208 valence electrons. The minimum Gasteiger partial charge on any atom is -0.497 e. The average molecular weight is 576 g/mol. The molecule has 3 aromatic carbocycles. The first-order chi connectivity index (χ1) is 18.6. The summed E-state index contributed by atoms with van der Waals surface area (Å²) in [5.41, 5.74) is -1.38. The zero-order chi connectivity index (χ0) is 28.4. The first kappa shape index (κ1) is 28.7. The summed E-state index contributed by atoms with van der Waals surface area (Å²) in [5.74, 6) is -0.362. The van der Waals surface area contributed by atoms with E-state index in [-0.39, 0.29) is 40.7 Å². The Hall–Kier alpha value is -3.31. The normalized spacial score (nSPS) is 19.8. The van der Waals surface area contributed by atoms with Crippen LogP contribution in [0.1, 0.15) is 22.3 Å². The number of carbonyl (C=O) groups excluding carboxylic acids is 1. The lowest BCUT2D eigenvalue weighted by Crippen LogP contribution is -2.54. The molecule has 3 aromatic rings. The molecular weight excluding hydrogens is 546 g/mol. The van der Waals surface area contributed by atoms with Crippen molar-refractivity contribution < 1.29 is 37.3 Å². The molecule has 1 unspecified atom stereocenters. The molecule has 0 spiro atoms. The predicted octanol–water partition coefficient (Wildman–Crippen LogP) is 4.16. The fourth-order valence-electron chi connectivity index (χ4n) is 4.90. The summed E-state index contributed by atoms with van der Waals surface area (Å²) in [5, 5.41) is 12.3. The maximum atomic E-state index is 14.3. The lowest BCUT2D eigenvalue weighted by atomic mass is 9.72. The number of hydrogen-bond donors (Lipinski definition) is 1. The number of nitrogens with zero attached hydrogens (tertiary/aromatic N) is 1. The third-order valence-corrected chi connectivity index (χ3v) is 9.39. The number of hydrogen-bond acceptors (Lipinski definition) is 8. The van der Waals surface area contributed by atoms with Crippen molar-refractivity contribution in [1.29, 1.82) is 0 Å². The zero-order valence-corrected chi connectivity index (χ0v) is 23.6. The van der Waals surface area contributed by atoms with Crippen LogP contribution in [-0.2, 0) is 15.6 Å². The predicted molar refractivity (Wildman–Crippen MR) is 146 cm³/mol. The van der Waals surface area contributed by atoms with E-state index in [1.807, 2.05) is 0 Å². The molecule has 0 amide bonds. The van der Waals surface area contributed by atoms with Gasteiger partial charge in [-0.2, -0.15) is 4.31 Å². The highest BCUT2D eigenvalue weighted by Gasteiger charge is 2.51. The maximum Gasteiger partial charge on any atom is 0.244 e. The smallest absolute Gasteiger partial charge is 0.244 e. The monoisotopic (exact) mass is 575 g/mol. The number of piperidine rings is 1. The third kappa shape index (κ3) is 5.29. The number of Topliss-reactive ketones (excluding diaryl/α,β-unsaturated/α-hetero) is 1. The van der Waals surface area contributed by atoms with Gasteiger partial charge in [0.15, 0.2) is 5.78 Å². The number of aliphatic hydroxyl groups is 1. The van der Waals surface area contributed by atoms with Gasteiger partial charge in [-0.1, -0.05) is 23.7 Å². The summed E-state index contributed by atoms with van der Waals surface area (Å²) in [6, 6.07) is 15.7. The van der Waals surface area contributed by atoms with Gasteiger partial charge in [0, 0.05) is 18.7 Å². The number of benzene rings is 3. The zero-order valence-electron chi connectivity index (χ0n) is 22.0. The van der Waals surface area contributed by atoms with Crippen molar-refractivity contribution in [2.75, 3.05) is 41.5 Å². The van der Waals surface area contributed by atoms with Crippen molar-refractivity contribution in [2.45, 2.75) is 16.9 Å². The molecule has 1 fully saturated rings. The van der Waals surface area contributed by atoms with Crippen LogP contribution in [0.2, 0.25) is 5.02 Å². The average Bonchev–Trinajstić information content (AvgIpc) is 2.96. The molecule has 1 saturated heterocycles. The number of ketones is 1. The second-order valence-electron chi connectivity index (χ2n) is 9.02. The summed E-state index contributed by atoms with van der Waals surface area (Å²) in [4.78, 5) is 14.2. The summed E-state index contributed by atoms with van der Waals surface area (Å²) < 4.78 is 50.2. The molecule has 1 aliphatic rings. The lowest BCUT2D eigenvalue weighted by molar-refractivity contribution is -0.0511. The van der Waals surface area contributed by atoms with Gasteiger partial charge < -0.3 is 24.1 Å². The largest absolute Gasteiger partial charge is 0.497 e. The number of halogens is 1. The van der Waals surface area contributed by atoms with Crippen molar-refractivity contribution in [3.63, 3.8) is 0 Å². The van der Waals surface area contributed by atoms with Crippen molar-refractivity contribution in [2.24, 2.45) is 5.92 Å². The van der Waals surface area contributed by atoms with Crippen molar-refractivity contribution in [3.8, 4) is 23.0 Å². The van der Waals surface area contributed by atoms with Gasteiger partial charge in [0.1, 0.15) is 33.5 Å². The Kier molecular flexibility index (Phi) is 8.41. The molecule has 9 nitrogen and oxygen atoms in total. The van der Waals surface area contributed by atoms with Gasteiger partial charge >= 0.3 is 0 Å². The highest BCUT2D eigenvalue weighted by atomic mass is 35.5. The molecule has 0 bridgehead atoms. The Morgan fingerprint density at radius 2 is 1.54 bits per heavy atom. The molecule has 1 N–H and O–H groups in total. The van der Waals surface area contributed by atoms with Gasteiger partial charge in [-0.05, 0) is 55.0 Å². The van der Waals surface area contributed by atoms with Gasteiger partial charge in [0.2, 0.25) is 10.0 Å². The van der Waals surface area contributed by atoms with Gasteiger partial charge in [-0.15, -0.1) is 0 Å². The molecule has 2 atom stereocenters. The van der Waals surface area contributed by atoms with E-state index in [0.29, 0.717) is 22.8 Å². The van der Waals surface area contributed by atoms with Crippen LogP contribution in [0.3, 0.4) is 0 Å². The van der Waals surface area contributed by atoms with Crippen LogP contribution < -0.4 is 18.9 Å². The second-order valence-corrected chi connectivity index (χ2v) is 11.3. The molecule has 11 heteroatoms. The SMILES string of the molecule is COc1ccc(OC)c(C(=O)C2CN(S(=O)(=O)c3ccccc3Cl)CC[C@@]2(O)c2cc(OC)ccc2OC)c1. The summed E-state index contributed by atoms with van der Waals surface area (Å²) in [7, 11) is 1.72. The van der Waals surface area contributed by atoms with Crippen LogP contribution in [0.4, 0.5) is 0 Å². The van der Waals surface area contributed by atoms with Crippen LogP contribution in [0, 0.1) is 5.92 Å². The number of sulfonamides is 1. The molecule has 0 aromatic heterocycles. The highest BCUT2D eigenvalue weighted by Crippen LogP contribution is 2.46. The Balaban J connectivity index is 1.88. The number of methoxy groups -OCH3 is 4. The van der Waals surface area contributed by atoms with E-state index in [9.17, 15) is 18.3 Å². The molecule has 1 heterocycles. The quantitative estimate of drug-likeness (QED) is 0.379. The van der Waals surface area contributed by atoms with Crippen LogP contribution in [0.5, 0.6) is 23.0 Å². The van der Waals surface area contributed by atoms with Gasteiger partial charge in [-0.25, -0.2) is 8.42 Å². The fraction of sp³-hybridized carbons (Fsp3) is 0.321. The van der Waals surface area contributed by atoms with Crippen molar-refractivity contribution in [1.82, 2.24) is 4.31 Å². The topological polar surface area (TPSA) is 112 Å². The maximum absolute atomic E-state index is 14.3. The summed E-state index contributed by atoms with van der Waals surface area (Å²) in [6.45, 7) is -0.410. The fourth-order valence-corrected chi connectivity index (χ4v) is 6.84. The van der Waals surface area contributed by atoms with E-state index >= 15 is 0 Å². The molecule has 0 aliphatic carbocycles. The van der Waals surface area contributed by atoms with E-state index < -0.39 is 27.3 Å². The minimum atomic E-state index is -4.10. The summed E-state index contributed by atoms with van der Waals surface area (Å²) >= 11 is 6.24. The number of carbonyl (C=O) groups is 1. The van der Waals surface area contributed by atoms with Crippen LogP contribution in [0.25, 0.3) is 0 Å². The van der Waals surface area contributed by atoms with E-state index in [4.69, 9.17) is 30.5 Å². The van der Waals surface area contributed by atoms with E-state index in [1.54, 1.807) is 42.5 Å². The molecular formula is C28H30ClNO8S. The molecule has 4 rings (SSSR count). The first-order valence-corrected chi connectivity index (χ1v) is 13.9. The van der Waals surface area contributed by atoms with Crippen LogP contribution in [0.15, 0.2) is 65.6 Å². The lowest BCUT2D eigenvalue weighted by Gasteiger charge is -2.44. The van der Waals surface area contributed by atoms with Crippen molar-refractivity contribution >= 4 is 27.4 Å². The standard InChI is InChI=1S/C28H30ClNO8S/c1-35-18-9-11-24(37-3)20(15-18)27(31)22-17-30(39(33,34)26-8-6-5-7-23(26)29)14-13-28(22,32)21-16-19(36-2)10-12-25(21)38-4/h5-12,15-16,22,32H,13-14,17H2,1-4H3/t22?,28-/m1/s1. The number of rotatable bonds is 9. The Morgan fingerprint density at radius 1 is 0.923 bits per heavy atom. The highest BCUT2D eigenvalue weighted by molar-refractivity contribution is 7.89. The van der Waals surface area contributed by atoms with Crippen LogP contribution in [-0.4, -0.2) is 65.1 Å². The third-order valence-electron chi connectivity index (χ3n) is 7.02. The Labute approximate surface area is 232 Å². The van der Waals surface area contributed by atoms with Gasteiger partial charge in [-0.3, -0.25) is 4.79 Å². The molecule has 0 saturated carbocycles. The van der Waals surface area contributed by atoms with Gasteiger partial charge in [0.05, 0.1) is 44.9 Å². The van der Waals surface area contributed by atoms with E-state index in [2.05, 4.69) is 0 Å². The Bertz CT molecular complexity index is 1480. The first-order valence-electron chi connectivity index (χ1n) is 12.1. The van der Waals surface area contributed by atoms with Crippen molar-refractivity contribution in [3.05, 3.63) is 76.8 Å².